The molecule has 0 saturated carbocycles. The number of halogens is 6. The first-order chi connectivity index (χ1) is 12.9. The van der Waals surface area contributed by atoms with Crippen LogP contribution in [0.2, 0.25) is 0 Å². The molecule has 0 saturated heterocycles. The second-order valence-corrected chi connectivity index (χ2v) is 13.0. The van der Waals surface area contributed by atoms with Crippen molar-refractivity contribution in [3.8, 4) is 5.75 Å². The molecule has 0 N–H and O–H groups in total. The zero-order valence-electron chi connectivity index (χ0n) is 13.9. The van der Waals surface area contributed by atoms with Gasteiger partial charge in [0.05, 0.1) is 19.1 Å². The van der Waals surface area contributed by atoms with Gasteiger partial charge in [-0.1, -0.05) is 126 Å². The van der Waals surface area contributed by atoms with Crippen LogP contribution < -0.4 is 4.74 Å². The van der Waals surface area contributed by atoms with Gasteiger partial charge in [0.15, 0.2) is 0 Å². The monoisotopic (exact) mass is 750 g/mol. The molecule has 4 unspecified atom stereocenters. The van der Waals surface area contributed by atoms with Crippen LogP contribution in [0.1, 0.15) is 0 Å². The molecule has 0 amide bonds. The number of hydrogen-bond acceptors (Lipinski definition) is 3. The lowest BCUT2D eigenvalue weighted by atomic mass is 10.2. The van der Waals surface area contributed by atoms with Crippen molar-refractivity contribution in [1.29, 1.82) is 0 Å². The summed E-state index contributed by atoms with van der Waals surface area (Å²) in [5.41, 5.74) is 1.50. The van der Waals surface area contributed by atoms with Gasteiger partial charge in [0.25, 0.3) is 0 Å². The average molecular weight is 756 g/mol. The Morgan fingerprint density at radius 3 is 2.00 bits per heavy atom. The first-order valence-corrected chi connectivity index (χ1v) is 13.4. The van der Waals surface area contributed by atoms with E-state index >= 15 is 0 Å². The first kappa shape index (κ1) is 24.0. The predicted molar refractivity (Wildman–Crippen MR) is 135 cm³/mol. The fraction of sp³-hybridized carbons (Fsp3) is 0.333. The molecule has 4 atom stereocenters. The van der Waals surface area contributed by atoms with E-state index in [0.717, 1.165) is 5.69 Å². The van der Waals surface area contributed by atoms with Gasteiger partial charge < -0.3 is 4.74 Å². The van der Waals surface area contributed by atoms with E-state index in [1.807, 2.05) is 54.6 Å². The summed E-state index contributed by atoms with van der Waals surface area (Å²) >= 11 is 21.9. The van der Waals surface area contributed by atoms with Crippen molar-refractivity contribution < 1.29 is 4.74 Å². The molecule has 0 bridgehead atoms. The molecule has 2 rings (SSSR count). The maximum absolute atomic E-state index is 6.01. The topological polar surface area (TPSA) is 34.0 Å². The quantitative estimate of drug-likeness (QED) is 0.187. The number of alkyl halides is 6. The minimum Gasteiger partial charge on any atom is -0.490 e. The molecule has 0 aliphatic heterocycles. The smallest absolute Gasteiger partial charge is 0.146 e. The van der Waals surface area contributed by atoms with Crippen LogP contribution >= 0.6 is 95.6 Å². The van der Waals surface area contributed by atoms with E-state index in [1.54, 1.807) is 0 Å². The Morgan fingerprint density at radius 2 is 1.33 bits per heavy atom. The fourth-order valence-electron chi connectivity index (χ4n) is 2.04. The van der Waals surface area contributed by atoms with Crippen LogP contribution in [0.4, 0.5) is 11.4 Å². The van der Waals surface area contributed by atoms with Crippen LogP contribution in [0.15, 0.2) is 64.8 Å². The third-order valence-electron chi connectivity index (χ3n) is 3.49. The highest BCUT2D eigenvalue weighted by Crippen LogP contribution is 2.35. The van der Waals surface area contributed by atoms with E-state index < -0.39 is 0 Å². The minimum absolute atomic E-state index is 0.0831. The standard InChI is InChI=1S/C18H16Br6N2O/c19-12(15(20)16(21)17(22)18(23)24)10-27-14-9-5-4-8-13(14)26-25-11-6-2-1-3-7-11/h1-9,12,15-18H,10H2. The average Bonchev–Trinajstić information content (AvgIpc) is 2.70. The van der Waals surface area contributed by atoms with Gasteiger partial charge in [-0.2, -0.15) is 5.11 Å². The molecule has 0 aliphatic carbocycles. The highest BCUT2D eigenvalue weighted by Gasteiger charge is 2.32. The molecule has 2 aromatic carbocycles. The van der Waals surface area contributed by atoms with E-state index in [1.165, 1.54) is 0 Å². The predicted octanol–water partition coefficient (Wildman–Crippen LogP) is 8.65. The van der Waals surface area contributed by atoms with Crippen molar-refractivity contribution in [3.05, 3.63) is 54.6 Å². The number of nitrogens with zero attached hydrogens (tertiary/aromatic N) is 2. The van der Waals surface area contributed by atoms with E-state index in [9.17, 15) is 0 Å². The van der Waals surface area contributed by atoms with Crippen molar-refractivity contribution in [2.24, 2.45) is 10.2 Å². The summed E-state index contributed by atoms with van der Waals surface area (Å²) < 4.78 is 6.16. The van der Waals surface area contributed by atoms with E-state index in [0.29, 0.717) is 18.0 Å². The summed E-state index contributed by atoms with van der Waals surface area (Å²) in [5, 5.41) is 8.60. The van der Waals surface area contributed by atoms with Crippen molar-refractivity contribution >= 4 is 107 Å². The second kappa shape index (κ2) is 12.4. The van der Waals surface area contributed by atoms with Gasteiger partial charge in [-0.3, -0.25) is 0 Å². The van der Waals surface area contributed by atoms with Gasteiger partial charge in [0, 0.05) is 9.65 Å². The van der Waals surface area contributed by atoms with E-state index in [2.05, 4.69) is 106 Å². The Morgan fingerprint density at radius 1 is 0.704 bits per heavy atom. The summed E-state index contributed by atoms with van der Waals surface area (Å²) in [6.07, 6.45) is 0. The summed E-state index contributed by atoms with van der Waals surface area (Å²) in [7, 11) is 0. The molecule has 0 heterocycles. The van der Waals surface area contributed by atoms with Crippen LogP contribution in [-0.2, 0) is 0 Å². The Bertz CT molecular complexity index is 731. The van der Waals surface area contributed by atoms with Crippen molar-refractivity contribution in [2.45, 2.75) is 23.0 Å². The lowest BCUT2D eigenvalue weighted by Gasteiger charge is -2.26. The van der Waals surface area contributed by atoms with Gasteiger partial charge in [0.1, 0.15) is 18.0 Å². The maximum Gasteiger partial charge on any atom is 0.146 e. The zero-order valence-corrected chi connectivity index (χ0v) is 23.4. The van der Waals surface area contributed by atoms with Crippen molar-refractivity contribution in [1.82, 2.24) is 0 Å². The summed E-state index contributed by atoms with van der Waals surface area (Å²) in [4.78, 5) is 0.577. The molecule has 2 aromatic rings. The number of azo groups is 1. The molecule has 0 spiro atoms. The number of hydrogen-bond donors (Lipinski definition) is 0. The van der Waals surface area contributed by atoms with Crippen molar-refractivity contribution in [2.75, 3.05) is 6.61 Å². The largest absolute Gasteiger partial charge is 0.490 e. The highest BCUT2D eigenvalue weighted by atomic mass is 79.9. The molecule has 0 aromatic heterocycles. The maximum atomic E-state index is 6.01. The Kier molecular flexibility index (Phi) is 11.0. The first-order valence-electron chi connectivity index (χ1n) is 7.93. The second-order valence-electron chi connectivity index (χ2n) is 5.50. The Hall–Kier alpha value is 0.720. The molecule has 9 heteroatoms. The molecule has 0 fully saturated rings. The molecular weight excluding hydrogens is 740 g/mol. The van der Waals surface area contributed by atoms with Crippen LogP contribution in [0.25, 0.3) is 0 Å². The zero-order chi connectivity index (χ0) is 19.8. The molecule has 27 heavy (non-hydrogen) atoms. The van der Waals surface area contributed by atoms with Gasteiger partial charge in [0.2, 0.25) is 0 Å². The molecule has 146 valence electrons. The summed E-state index contributed by atoms with van der Waals surface area (Å²) in [5.74, 6) is 0.696. The number of ether oxygens (including phenoxy) is 1. The normalized spacial score (nSPS) is 16.3. The van der Waals surface area contributed by atoms with Crippen LogP contribution in [0.5, 0.6) is 5.75 Å². The van der Waals surface area contributed by atoms with Gasteiger partial charge >= 0.3 is 0 Å². The lowest BCUT2D eigenvalue weighted by molar-refractivity contribution is 0.318. The van der Waals surface area contributed by atoms with Crippen LogP contribution in [0.3, 0.4) is 0 Å². The van der Waals surface area contributed by atoms with Crippen LogP contribution in [-0.4, -0.2) is 29.7 Å². The van der Waals surface area contributed by atoms with Gasteiger partial charge in [-0.25, -0.2) is 0 Å². The minimum atomic E-state index is 0.0831. The number of benzene rings is 2. The SMILES string of the molecule is BrC(Br)C(Br)C(Br)C(Br)C(Br)COc1ccccc1N=Nc1ccccc1. The van der Waals surface area contributed by atoms with E-state index in [-0.39, 0.29) is 23.0 Å². The van der Waals surface area contributed by atoms with Gasteiger partial charge in [-0.05, 0) is 24.3 Å². The molecule has 0 radical (unpaired) electrons. The molecule has 0 aliphatic rings. The molecular formula is C18H16Br6N2O. The molecule has 3 nitrogen and oxygen atoms in total. The highest BCUT2D eigenvalue weighted by molar-refractivity contribution is 9.25. The van der Waals surface area contributed by atoms with Crippen molar-refractivity contribution in [3.63, 3.8) is 0 Å². The van der Waals surface area contributed by atoms with Crippen LogP contribution in [0, 0.1) is 0 Å². The summed E-state index contributed by atoms with van der Waals surface area (Å²) in [6, 6.07) is 17.3. The lowest BCUT2D eigenvalue weighted by Crippen LogP contribution is -2.36. The Labute approximate surface area is 209 Å². The summed E-state index contributed by atoms with van der Waals surface area (Å²) in [6.45, 7) is 0.477. The fourth-order valence-corrected chi connectivity index (χ4v) is 6.28. The van der Waals surface area contributed by atoms with E-state index in [4.69, 9.17) is 4.74 Å². The third kappa shape index (κ3) is 7.81. The Balaban J connectivity index is 2.00. The number of rotatable bonds is 9. The number of para-hydroxylation sites is 1. The van der Waals surface area contributed by atoms with Gasteiger partial charge in [-0.15, -0.1) is 5.11 Å². The third-order valence-corrected chi connectivity index (χ3v) is 12.5.